The van der Waals surface area contributed by atoms with E-state index in [2.05, 4.69) is 15.3 Å². The van der Waals surface area contributed by atoms with E-state index in [-0.39, 0.29) is 17.4 Å². The summed E-state index contributed by atoms with van der Waals surface area (Å²) in [6.45, 7) is 3.83. The standard InChI is InChI=1S/C19H16N4O4S/c1-9(2)26-14-7-11(6-13-16(14)27-18(20)22-13)12-4-3-10(8-21-12)5-15-17(24)23-19(25)28-15/h3-9H,1-2H3,(H2,20,22)(H,23,24,25). The summed E-state index contributed by atoms with van der Waals surface area (Å²) in [5, 5.41) is 1.85. The molecule has 3 N–H and O–H groups in total. The number of hydrogen-bond acceptors (Lipinski definition) is 8. The number of nitrogens with zero attached hydrogens (tertiary/aromatic N) is 2. The van der Waals surface area contributed by atoms with Crippen LogP contribution < -0.4 is 15.8 Å². The number of fused-ring (bicyclic) bond motifs is 1. The summed E-state index contributed by atoms with van der Waals surface area (Å²) < 4.78 is 11.3. The molecule has 0 bridgehead atoms. The maximum absolute atomic E-state index is 11.6. The van der Waals surface area contributed by atoms with Crippen molar-refractivity contribution >= 4 is 46.1 Å². The fourth-order valence-corrected chi connectivity index (χ4v) is 3.42. The lowest BCUT2D eigenvalue weighted by Gasteiger charge is -2.11. The summed E-state index contributed by atoms with van der Waals surface area (Å²) in [7, 11) is 0. The van der Waals surface area contributed by atoms with Gasteiger partial charge in [0.2, 0.25) is 0 Å². The van der Waals surface area contributed by atoms with Crippen LogP contribution in [0.4, 0.5) is 10.8 Å². The van der Waals surface area contributed by atoms with E-state index in [0.29, 0.717) is 33.0 Å². The van der Waals surface area contributed by atoms with Crippen molar-refractivity contribution < 1.29 is 18.7 Å². The van der Waals surface area contributed by atoms with E-state index >= 15 is 0 Å². The number of ether oxygens (including phenoxy) is 1. The minimum atomic E-state index is -0.399. The highest BCUT2D eigenvalue weighted by Crippen LogP contribution is 2.34. The number of amides is 2. The Morgan fingerprint density at radius 1 is 1.29 bits per heavy atom. The number of pyridine rings is 1. The molecule has 4 rings (SSSR count). The number of hydrogen-bond donors (Lipinski definition) is 2. The van der Waals surface area contributed by atoms with Gasteiger partial charge in [0.25, 0.3) is 17.2 Å². The molecule has 2 aromatic heterocycles. The van der Waals surface area contributed by atoms with Crippen molar-refractivity contribution in [3.05, 3.63) is 40.9 Å². The first-order chi connectivity index (χ1) is 13.4. The van der Waals surface area contributed by atoms with Crippen molar-refractivity contribution in [3.8, 4) is 17.0 Å². The van der Waals surface area contributed by atoms with Gasteiger partial charge in [0.15, 0.2) is 11.3 Å². The Labute approximate surface area is 164 Å². The van der Waals surface area contributed by atoms with Gasteiger partial charge < -0.3 is 14.9 Å². The van der Waals surface area contributed by atoms with Gasteiger partial charge >= 0.3 is 0 Å². The third-order valence-electron chi connectivity index (χ3n) is 3.86. The van der Waals surface area contributed by atoms with Crippen LogP contribution in [-0.4, -0.2) is 27.2 Å². The van der Waals surface area contributed by atoms with Gasteiger partial charge in [-0.15, -0.1) is 0 Å². The lowest BCUT2D eigenvalue weighted by Crippen LogP contribution is -2.17. The molecular weight excluding hydrogens is 380 g/mol. The predicted molar refractivity (Wildman–Crippen MR) is 107 cm³/mol. The molecule has 3 heterocycles. The minimum absolute atomic E-state index is 0.0514. The first-order valence-corrected chi connectivity index (χ1v) is 9.28. The van der Waals surface area contributed by atoms with E-state index in [0.717, 1.165) is 17.3 Å². The number of carbonyl (C=O) groups is 2. The molecule has 0 spiro atoms. The molecule has 0 radical (unpaired) electrons. The summed E-state index contributed by atoms with van der Waals surface area (Å²) in [5.41, 5.74) is 8.95. The van der Waals surface area contributed by atoms with Gasteiger partial charge in [0, 0.05) is 11.8 Å². The van der Waals surface area contributed by atoms with Gasteiger partial charge in [-0.3, -0.25) is 19.9 Å². The molecule has 1 aliphatic heterocycles. The Balaban J connectivity index is 1.69. The second-order valence-electron chi connectivity index (χ2n) is 6.37. The zero-order valence-corrected chi connectivity index (χ0v) is 15.9. The lowest BCUT2D eigenvalue weighted by atomic mass is 10.1. The molecular formula is C19H16N4O4S. The van der Waals surface area contributed by atoms with E-state index in [1.165, 1.54) is 0 Å². The molecule has 0 unspecified atom stereocenters. The van der Waals surface area contributed by atoms with Crippen LogP contribution in [0.2, 0.25) is 0 Å². The van der Waals surface area contributed by atoms with Crippen molar-refractivity contribution in [1.29, 1.82) is 0 Å². The van der Waals surface area contributed by atoms with Gasteiger partial charge in [-0.25, -0.2) is 0 Å². The molecule has 1 aliphatic rings. The van der Waals surface area contributed by atoms with E-state index in [4.69, 9.17) is 14.9 Å². The zero-order chi connectivity index (χ0) is 19.8. The molecule has 2 amide bonds. The zero-order valence-electron chi connectivity index (χ0n) is 15.1. The molecule has 1 saturated heterocycles. The number of benzene rings is 1. The van der Waals surface area contributed by atoms with Crippen LogP contribution in [-0.2, 0) is 4.79 Å². The Kier molecular flexibility index (Phi) is 4.52. The second kappa shape index (κ2) is 7.01. The largest absolute Gasteiger partial charge is 0.487 e. The number of imide groups is 1. The summed E-state index contributed by atoms with van der Waals surface area (Å²) >= 11 is 0.867. The normalized spacial score (nSPS) is 15.6. The lowest BCUT2D eigenvalue weighted by molar-refractivity contribution is -0.115. The molecule has 0 saturated carbocycles. The monoisotopic (exact) mass is 396 g/mol. The minimum Gasteiger partial charge on any atom is -0.487 e. The number of aromatic nitrogens is 2. The molecule has 1 aromatic carbocycles. The van der Waals surface area contributed by atoms with Crippen molar-refractivity contribution in [2.24, 2.45) is 0 Å². The first kappa shape index (κ1) is 18.1. The number of rotatable bonds is 4. The van der Waals surface area contributed by atoms with Gasteiger partial charge in [0.05, 0.1) is 16.7 Å². The summed E-state index contributed by atoms with van der Waals surface area (Å²) in [5.74, 6) is 0.140. The highest BCUT2D eigenvalue weighted by atomic mass is 32.2. The van der Waals surface area contributed by atoms with E-state index < -0.39 is 5.91 Å². The van der Waals surface area contributed by atoms with Crippen LogP contribution in [0.3, 0.4) is 0 Å². The smallest absolute Gasteiger partial charge is 0.293 e. The number of nitrogens with one attached hydrogen (secondary N) is 1. The molecule has 0 aliphatic carbocycles. The number of thioether (sulfide) groups is 1. The third kappa shape index (κ3) is 3.56. The third-order valence-corrected chi connectivity index (χ3v) is 4.67. The SMILES string of the molecule is CC(C)Oc1cc(-c2ccc(C=C3SC(=O)NC3=O)cn2)cc2nc(N)oc12. The van der Waals surface area contributed by atoms with Crippen LogP contribution in [0.15, 0.2) is 39.8 Å². The maximum Gasteiger partial charge on any atom is 0.293 e. The predicted octanol–water partition coefficient (Wildman–Crippen LogP) is 3.58. The topological polar surface area (TPSA) is 120 Å². The Morgan fingerprint density at radius 3 is 2.75 bits per heavy atom. The Bertz CT molecular complexity index is 1120. The number of oxazole rings is 1. The molecule has 9 heteroatoms. The van der Waals surface area contributed by atoms with Crippen LogP contribution in [0, 0.1) is 0 Å². The molecule has 28 heavy (non-hydrogen) atoms. The number of anilines is 1. The van der Waals surface area contributed by atoms with E-state index in [1.807, 2.05) is 38.1 Å². The number of nitrogen functional groups attached to an aromatic ring is 1. The van der Waals surface area contributed by atoms with Gasteiger partial charge in [-0.2, -0.15) is 4.98 Å². The fraction of sp³-hybridized carbons (Fsp3) is 0.158. The van der Waals surface area contributed by atoms with Crippen molar-refractivity contribution in [1.82, 2.24) is 15.3 Å². The molecule has 8 nitrogen and oxygen atoms in total. The summed E-state index contributed by atoms with van der Waals surface area (Å²) in [4.78, 5) is 31.9. The fourth-order valence-electron chi connectivity index (χ4n) is 2.74. The van der Waals surface area contributed by atoms with Crippen LogP contribution in [0.1, 0.15) is 19.4 Å². The van der Waals surface area contributed by atoms with Gasteiger partial charge in [-0.1, -0.05) is 6.07 Å². The van der Waals surface area contributed by atoms with Crippen LogP contribution in [0.5, 0.6) is 5.75 Å². The number of nitrogens with two attached hydrogens (primary N) is 1. The Morgan fingerprint density at radius 2 is 2.11 bits per heavy atom. The highest BCUT2D eigenvalue weighted by Gasteiger charge is 2.25. The number of carbonyl (C=O) groups excluding carboxylic acids is 2. The Hall–Kier alpha value is -3.33. The quantitative estimate of drug-likeness (QED) is 0.642. The van der Waals surface area contributed by atoms with E-state index in [9.17, 15) is 9.59 Å². The molecule has 3 aromatic rings. The van der Waals surface area contributed by atoms with Crippen LogP contribution >= 0.6 is 11.8 Å². The van der Waals surface area contributed by atoms with Gasteiger partial charge in [-0.05, 0) is 55.4 Å². The highest BCUT2D eigenvalue weighted by molar-refractivity contribution is 8.18. The van der Waals surface area contributed by atoms with Crippen molar-refractivity contribution in [2.75, 3.05) is 5.73 Å². The molecule has 1 fully saturated rings. The van der Waals surface area contributed by atoms with Crippen molar-refractivity contribution in [3.63, 3.8) is 0 Å². The van der Waals surface area contributed by atoms with Crippen molar-refractivity contribution in [2.45, 2.75) is 20.0 Å². The molecule has 0 atom stereocenters. The average Bonchev–Trinajstić information content (AvgIpc) is 3.16. The first-order valence-electron chi connectivity index (χ1n) is 8.47. The van der Waals surface area contributed by atoms with Crippen LogP contribution in [0.25, 0.3) is 28.4 Å². The van der Waals surface area contributed by atoms with E-state index in [1.54, 1.807) is 12.3 Å². The second-order valence-corrected chi connectivity index (χ2v) is 7.39. The van der Waals surface area contributed by atoms with Gasteiger partial charge in [0.1, 0.15) is 5.52 Å². The molecule has 142 valence electrons. The summed E-state index contributed by atoms with van der Waals surface area (Å²) in [6, 6.07) is 7.34. The maximum atomic E-state index is 11.6. The summed E-state index contributed by atoms with van der Waals surface area (Å²) in [6.07, 6.45) is 3.20. The average molecular weight is 396 g/mol.